The Morgan fingerprint density at radius 1 is 0.833 bits per heavy atom. The van der Waals surface area contributed by atoms with Crippen LogP contribution in [0.25, 0.3) is 21.6 Å². The lowest BCUT2D eigenvalue weighted by Crippen LogP contribution is -2.47. The number of aromatic nitrogens is 4. The van der Waals surface area contributed by atoms with Crippen LogP contribution in [0.15, 0.2) is 49.1 Å². The summed E-state index contributed by atoms with van der Waals surface area (Å²) in [5, 5.41) is 1.29. The Hall–Kier alpha value is -3.06. The number of nitrogens with zero attached hydrogens (tertiary/aromatic N) is 6. The highest BCUT2D eigenvalue weighted by Gasteiger charge is 2.27. The number of thiophene rings is 1. The molecule has 5 heterocycles. The molecule has 6 nitrogen and oxygen atoms in total. The summed E-state index contributed by atoms with van der Waals surface area (Å²) in [6.45, 7) is 3.85. The molecule has 0 radical (unpaired) electrons. The van der Waals surface area contributed by atoms with Crippen molar-refractivity contribution in [3.8, 4) is 11.4 Å². The quantitative estimate of drug-likeness (QED) is 0.506. The Labute approximate surface area is 179 Å². The van der Waals surface area contributed by atoms with Crippen LogP contribution in [0, 0.1) is 0 Å². The summed E-state index contributed by atoms with van der Waals surface area (Å²) >= 11 is 1.86. The molecule has 30 heavy (non-hydrogen) atoms. The summed E-state index contributed by atoms with van der Waals surface area (Å²) in [4.78, 5) is 26.0. The Morgan fingerprint density at radius 3 is 2.47 bits per heavy atom. The second-order valence-corrected chi connectivity index (χ2v) is 8.91. The molecular weight excluding hydrogens is 392 g/mol. The number of fused-ring (bicyclic) bond motifs is 3. The predicted octanol–water partition coefficient (Wildman–Crippen LogP) is 3.96. The number of aryl methyl sites for hydroxylation is 2. The normalized spacial score (nSPS) is 16.3. The van der Waals surface area contributed by atoms with Crippen LogP contribution in [-0.4, -0.2) is 46.1 Å². The monoisotopic (exact) mass is 414 g/mol. The zero-order valence-electron chi connectivity index (χ0n) is 16.7. The van der Waals surface area contributed by atoms with Gasteiger partial charge in [-0.25, -0.2) is 9.97 Å². The molecule has 0 atom stereocenters. The molecule has 150 valence electrons. The molecule has 4 aromatic heterocycles. The fraction of sp³-hybridized carbons (Fsp3) is 0.304. The average molecular weight is 415 g/mol. The molecule has 0 N–H and O–H groups in total. The summed E-state index contributed by atoms with van der Waals surface area (Å²) in [6.07, 6.45) is 10.9. The lowest BCUT2D eigenvalue weighted by molar-refractivity contribution is 0.649. The minimum Gasteiger partial charge on any atom is -0.368 e. The van der Waals surface area contributed by atoms with Crippen LogP contribution in [0.2, 0.25) is 0 Å². The second-order valence-electron chi connectivity index (χ2n) is 7.83. The van der Waals surface area contributed by atoms with Gasteiger partial charge in [0.25, 0.3) is 0 Å². The van der Waals surface area contributed by atoms with Crippen LogP contribution in [0.3, 0.4) is 0 Å². The molecule has 7 heteroatoms. The molecule has 0 bridgehead atoms. The molecule has 6 rings (SSSR count). The summed E-state index contributed by atoms with van der Waals surface area (Å²) in [5.74, 6) is 1.88. The molecule has 2 aliphatic rings. The van der Waals surface area contributed by atoms with Gasteiger partial charge in [-0.05, 0) is 49.1 Å². The number of rotatable bonds is 3. The molecule has 1 fully saturated rings. The Kier molecular flexibility index (Phi) is 4.34. The van der Waals surface area contributed by atoms with Gasteiger partial charge in [0, 0.05) is 67.1 Å². The SMILES string of the molecule is c1cncc(-c2nc(N3CCN(c4ccncc4)CC3)c3c4c(sc3n2)CCC4)c1. The molecule has 0 spiro atoms. The van der Waals surface area contributed by atoms with Crippen molar-refractivity contribution >= 4 is 33.1 Å². The summed E-state index contributed by atoms with van der Waals surface area (Å²) in [7, 11) is 0. The minimum absolute atomic E-state index is 0.780. The lowest BCUT2D eigenvalue weighted by atomic mass is 10.1. The largest absolute Gasteiger partial charge is 0.368 e. The van der Waals surface area contributed by atoms with Crippen molar-refractivity contribution in [3.63, 3.8) is 0 Å². The van der Waals surface area contributed by atoms with Crippen molar-refractivity contribution in [3.05, 3.63) is 59.5 Å². The molecular formula is C23H22N6S. The van der Waals surface area contributed by atoms with E-state index in [4.69, 9.17) is 9.97 Å². The van der Waals surface area contributed by atoms with Gasteiger partial charge in [0.2, 0.25) is 0 Å². The van der Waals surface area contributed by atoms with Gasteiger partial charge >= 0.3 is 0 Å². The third kappa shape index (κ3) is 3.01. The van der Waals surface area contributed by atoms with E-state index in [2.05, 4.69) is 31.9 Å². The smallest absolute Gasteiger partial charge is 0.164 e. The van der Waals surface area contributed by atoms with Gasteiger partial charge in [0.05, 0.1) is 5.39 Å². The van der Waals surface area contributed by atoms with Crippen molar-refractivity contribution in [1.82, 2.24) is 19.9 Å². The molecule has 0 aromatic carbocycles. The van der Waals surface area contributed by atoms with Gasteiger partial charge in [-0.2, -0.15) is 0 Å². The van der Waals surface area contributed by atoms with Crippen molar-refractivity contribution in [2.75, 3.05) is 36.0 Å². The fourth-order valence-electron chi connectivity index (χ4n) is 4.56. The van der Waals surface area contributed by atoms with E-state index in [0.717, 1.165) is 54.6 Å². The van der Waals surface area contributed by atoms with Crippen LogP contribution in [-0.2, 0) is 12.8 Å². The van der Waals surface area contributed by atoms with Crippen LogP contribution in [0.4, 0.5) is 11.5 Å². The zero-order valence-corrected chi connectivity index (χ0v) is 17.5. The van der Waals surface area contributed by atoms with Crippen LogP contribution in [0.5, 0.6) is 0 Å². The van der Waals surface area contributed by atoms with Gasteiger partial charge < -0.3 is 9.80 Å². The zero-order chi connectivity index (χ0) is 19.9. The Bertz CT molecular complexity index is 1180. The third-order valence-corrected chi connectivity index (χ3v) is 7.26. The van der Waals surface area contributed by atoms with Gasteiger partial charge in [-0.1, -0.05) is 0 Å². The molecule has 1 aliphatic heterocycles. The lowest BCUT2D eigenvalue weighted by Gasteiger charge is -2.37. The Morgan fingerprint density at radius 2 is 1.67 bits per heavy atom. The first-order chi connectivity index (χ1) is 14.9. The maximum Gasteiger partial charge on any atom is 0.164 e. The maximum absolute atomic E-state index is 5.10. The molecule has 4 aromatic rings. The number of hydrogen-bond donors (Lipinski definition) is 0. The van der Waals surface area contributed by atoms with Gasteiger partial charge in [0.15, 0.2) is 5.82 Å². The highest BCUT2D eigenvalue weighted by molar-refractivity contribution is 7.19. The van der Waals surface area contributed by atoms with E-state index in [0.29, 0.717) is 0 Å². The predicted molar refractivity (Wildman–Crippen MR) is 121 cm³/mol. The first kappa shape index (κ1) is 17.8. The van der Waals surface area contributed by atoms with E-state index < -0.39 is 0 Å². The number of anilines is 2. The fourth-order valence-corrected chi connectivity index (χ4v) is 5.82. The van der Waals surface area contributed by atoms with E-state index in [1.54, 1.807) is 6.20 Å². The maximum atomic E-state index is 5.10. The molecule has 1 saturated heterocycles. The number of pyridine rings is 2. The third-order valence-electron chi connectivity index (χ3n) is 6.07. The van der Waals surface area contributed by atoms with E-state index in [9.17, 15) is 0 Å². The van der Waals surface area contributed by atoms with Crippen molar-refractivity contribution in [2.45, 2.75) is 19.3 Å². The molecule has 0 amide bonds. The van der Waals surface area contributed by atoms with Crippen molar-refractivity contribution in [1.29, 1.82) is 0 Å². The topological polar surface area (TPSA) is 58.0 Å². The average Bonchev–Trinajstić information content (AvgIpc) is 3.41. The van der Waals surface area contributed by atoms with E-state index >= 15 is 0 Å². The van der Waals surface area contributed by atoms with Crippen molar-refractivity contribution < 1.29 is 0 Å². The number of hydrogen-bond acceptors (Lipinski definition) is 7. The van der Waals surface area contributed by atoms with Crippen LogP contribution < -0.4 is 9.80 Å². The van der Waals surface area contributed by atoms with Crippen molar-refractivity contribution in [2.24, 2.45) is 0 Å². The van der Waals surface area contributed by atoms with Crippen LogP contribution in [0.1, 0.15) is 16.9 Å². The standard InChI is InChI=1S/C23H22N6S/c1-4-18-19(5-1)30-23-20(18)22(26-21(27-23)16-3-2-8-25-15-16)29-13-11-28(12-14-29)17-6-9-24-10-7-17/h2-3,6-10,15H,1,4-5,11-14H2. The Balaban J connectivity index is 1.39. The van der Waals surface area contributed by atoms with Gasteiger partial charge in [-0.15, -0.1) is 11.3 Å². The second kappa shape index (κ2) is 7.32. The molecule has 0 unspecified atom stereocenters. The molecule has 0 saturated carbocycles. The van der Waals surface area contributed by atoms with Gasteiger partial charge in [-0.3, -0.25) is 9.97 Å². The summed E-state index contributed by atoms with van der Waals surface area (Å²) < 4.78 is 0. The highest BCUT2D eigenvalue weighted by Crippen LogP contribution is 2.41. The van der Waals surface area contributed by atoms with E-state index in [1.807, 2.05) is 42.1 Å². The number of piperazine rings is 1. The van der Waals surface area contributed by atoms with E-state index in [-0.39, 0.29) is 0 Å². The molecule has 1 aliphatic carbocycles. The van der Waals surface area contributed by atoms with E-state index in [1.165, 1.54) is 34.4 Å². The highest BCUT2D eigenvalue weighted by atomic mass is 32.1. The van der Waals surface area contributed by atoms with Gasteiger partial charge in [0.1, 0.15) is 10.6 Å². The van der Waals surface area contributed by atoms with Crippen LogP contribution >= 0.6 is 11.3 Å². The first-order valence-corrected chi connectivity index (χ1v) is 11.3. The minimum atomic E-state index is 0.780. The summed E-state index contributed by atoms with van der Waals surface area (Å²) in [5.41, 5.74) is 3.70. The summed E-state index contributed by atoms with van der Waals surface area (Å²) in [6, 6.07) is 8.17. The first-order valence-electron chi connectivity index (χ1n) is 10.5.